The number of hydrogen-bond donors (Lipinski definition) is 1. The van der Waals surface area contributed by atoms with Crippen molar-refractivity contribution in [1.82, 2.24) is 4.90 Å². The van der Waals surface area contributed by atoms with Crippen molar-refractivity contribution in [3.8, 4) is 5.75 Å². The Morgan fingerprint density at radius 2 is 1.55 bits per heavy atom. The van der Waals surface area contributed by atoms with Crippen LogP contribution in [0, 0.1) is 5.82 Å². The first kappa shape index (κ1) is 19.8. The van der Waals surface area contributed by atoms with E-state index in [9.17, 15) is 14.3 Å². The number of carbonyl (C=O) groups is 1. The van der Waals surface area contributed by atoms with Gasteiger partial charge in [0, 0.05) is 19.2 Å². The number of ether oxygens (including phenoxy) is 1. The van der Waals surface area contributed by atoms with E-state index >= 15 is 0 Å². The van der Waals surface area contributed by atoms with Gasteiger partial charge in [-0.25, -0.2) is 9.18 Å². The summed E-state index contributed by atoms with van der Waals surface area (Å²) in [5.41, 5.74) is 2.99. The van der Waals surface area contributed by atoms with Crippen LogP contribution in [0.5, 0.6) is 5.75 Å². The Kier molecular flexibility index (Phi) is 5.20. The largest absolute Gasteiger partial charge is 0.487 e. The smallest absolute Gasteiger partial charge is 0.338 e. The molecule has 1 heterocycles. The molecule has 2 aliphatic rings. The Morgan fingerprint density at radius 1 is 0.968 bits per heavy atom. The molecule has 0 amide bonds. The van der Waals surface area contributed by atoms with E-state index in [1.165, 1.54) is 23.3 Å². The van der Waals surface area contributed by atoms with Gasteiger partial charge in [-0.3, -0.25) is 4.90 Å². The highest BCUT2D eigenvalue weighted by molar-refractivity contribution is 5.88. The zero-order valence-corrected chi connectivity index (χ0v) is 17.1. The van der Waals surface area contributed by atoms with Crippen molar-refractivity contribution < 1.29 is 19.0 Å². The third-order valence-electron chi connectivity index (χ3n) is 6.11. The van der Waals surface area contributed by atoms with Crippen LogP contribution < -0.4 is 4.74 Å². The van der Waals surface area contributed by atoms with Gasteiger partial charge in [-0.05, 0) is 41.5 Å². The molecule has 0 bridgehead atoms. The molecule has 0 radical (unpaired) electrons. The van der Waals surface area contributed by atoms with Gasteiger partial charge < -0.3 is 9.84 Å². The summed E-state index contributed by atoms with van der Waals surface area (Å²) in [6.07, 6.45) is 1.92. The first-order chi connectivity index (χ1) is 15.1. The lowest BCUT2D eigenvalue weighted by Crippen LogP contribution is -2.55. The maximum Gasteiger partial charge on any atom is 0.338 e. The molecule has 31 heavy (non-hydrogen) atoms. The highest BCUT2D eigenvalue weighted by Crippen LogP contribution is 2.46. The molecule has 0 atom stereocenters. The molecule has 2 fully saturated rings. The van der Waals surface area contributed by atoms with Crippen LogP contribution in [0.25, 0.3) is 0 Å². The predicted octanol–water partition coefficient (Wildman–Crippen LogP) is 5.25. The molecule has 5 rings (SSSR count). The molecule has 3 aromatic carbocycles. The maximum atomic E-state index is 14.3. The van der Waals surface area contributed by atoms with Gasteiger partial charge in [-0.1, -0.05) is 60.7 Å². The quantitative estimate of drug-likeness (QED) is 0.570. The fraction of sp³-hybridized carbons (Fsp3) is 0.269. The number of benzene rings is 3. The number of halogens is 1. The minimum absolute atomic E-state index is 0.0532. The summed E-state index contributed by atoms with van der Waals surface area (Å²) in [6.45, 7) is 1.45. The molecule has 0 unspecified atom stereocenters. The van der Waals surface area contributed by atoms with Crippen molar-refractivity contribution in [2.75, 3.05) is 13.1 Å². The molecule has 1 N–H and O–H groups in total. The minimum Gasteiger partial charge on any atom is -0.487 e. The number of carboxylic acids is 1. The third kappa shape index (κ3) is 4.06. The second-order valence-corrected chi connectivity index (χ2v) is 8.37. The predicted molar refractivity (Wildman–Crippen MR) is 116 cm³/mol. The Bertz CT molecular complexity index is 1040. The van der Waals surface area contributed by atoms with Crippen LogP contribution in [0.1, 0.15) is 51.8 Å². The van der Waals surface area contributed by atoms with Crippen molar-refractivity contribution in [2.24, 2.45) is 0 Å². The summed E-state index contributed by atoms with van der Waals surface area (Å²) in [7, 11) is 0. The number of carboxylic acid groups (broad SMARTS) is 1. The van der Waals surface area contributed by atoms with E-state index in [4.69, 9.17) is 4.74 Å². The highest BCUT2D eigenvalue weighted by Gasteiger charge is 2.37. The van der Waals surface area contributed by atoms with Gasteiger partial charge >= 0.3 is 5.97 Å². The van der Waals surface area contributed by atoms with Crippen molar-refractivity contribution in [2.45, 2.75) is 30.9 Å². The molecule has 1 aliphatic carbocycles. The summed E-state index contributed by atoms with van der Waals surface area (Å²) in [5, 5.41) is 9.25. The SMILES string of the molecule is O=C(O)c1cc(C2CC2)c(OC2CN(C(c3ccccc3)c3ccccc3)C2)cc1F. The van der Waals surface area contributed by atoms with Crippen LogP contribution in [-0.2, 0) is 0 Å². The van der Waals surface area contributed by atoms with Crippen LogP contribution in [0.3, 0.4) is 0 Å². The molecule has 0 spiro atoms. The van der Waals surface area contributed by atoms with Crippen molar-refractivity contribution in [3.05, 3.63) is 101 Å². The van der Waals surface area contributed by atoms with Gasteiger partial charge in [0.05, 0.1) is 11.6 Å². The van der Waals surface area contributed by atoms with E-state index in [1.54, 1.807) is 0 Å². The Morgan fingerprint density at radius 3 is 2.06 bits per heavy atom. The summed E-state index contributed by atoms with van der Waals surface area (Å²) in [5.74, 6) is -1.22. The molecular formula is C26H24FNO3. The summed E-state index contributed by atoms with van der Waals surface area (Å²) in [4.78, 5) is 13.7. The van der Waals surface area contributed by atoms with Crippen LogP contribution in [0.4, 0.5) is 4.39 Å². The third-order valence-corrected chi connectivity index (χ3v) is 6.11. The van der Waals surface area contributed by atoms with E-state index in [2.05, 4.69) is 29.2 Å². The van der Waals surface area contributed by atoms with Gasteiger partial charge in [0.25, 0.3) is 0 Å². The van der Waals surface area contributed by atoms with Crippen LogP contribution >= 0.6 is 0 Å². The minimum atomic E-state index is -1.24. The van der Waals surface area contributed by atoms with Gasteiger partial charge in [0.2, 0.25) is 0 Å². The van der Waals surface area contributed by atoms with Crippen molar-refractivity contribution in [3.63, 3.8) is 0 Å². The number of rotatable bonds is 7. The van der Waals surface area contributed by atoms with Crippen molar-refractivity contribution >= 4 is 5.97 Å². The molecule has 158 valence electrons. The molecule has 1 aliphatic heterocycles. The monoisotopic (exact) mass is 417 g/mol. The lowest BCUT2D eigenvalue weighted by atomic mass is 9.94. The molecule has 1 saturated heterocycles. The summed E-state index contributed by atoms with van der Waals surface area (Å²) < 4.78 is 20.5. The van der Waals surface area contributed by atoms with Crippen LogP contribution in [0.2, 0.25) is 0 Å². The van der Waals surface area contributed by atoms with Gasteiger partial charge in [-0.15, -0.1) is 0 Å². The first-order valence-corrected chi connectivity index (χ1v) is 10.7. The number of likely N-dealkylation sites (tertiary alicyclic amines) is 1. The Hall–Kier alpha value is -3.18. The van der Waals surface area contributed by atoms with E-state index in [0.717, 1.165) is 31.5 Å². The average molecular weight is 417 g/mol. The first-order valence-electron chi connectivity index (χ1n) is 10.7. The van der Waals surface area contributed by atoms with Gasteiger partial charge in [0.1, 0.15) is 17.7 Å². The molecule has 1 saturated carbocycles. The van der Waals surface area contributed by atoms with Crippen molar-refractivity contribution in [1.29, 1.82) is 0 Å². The Balaban J connectivity index is 1.34. The van der Waals surface area contributed by atoms with E-state index in [1.807, 2.05) is 36.4 Å². The normalized spacial score (nSPS) is 16.8. The second kappa shape index (κ2) is 8.16. The zero-order chi connectivity index (χ0) is 21.4. The lowest BCUT2D eigenvalue weighted by Gasteiger charge is -2.44. The molecule has 0 aromatic heterocycles. The molecule has 4 nitrogen and oxygen atoms in total. The fourth-order valence-electron chi connectivity index (χ4n) is 4.37. The fourth-order valence-corrected chi connectivity index (χ4v) is 4.37. The Labute approximate surface area is 180 Å². The summed E-state index contributed by atoms with van der Waals surface area (Å²) in [6, 6.07) is 23.6. The van der Waals surface area contributed by atoms with E-state index in [0.29, 0.717) is 5.75 Å². The maximum absolute atomic E-state index is 14.3. The van der Waals surface area contributed by atoms with E-state index < -0.39 is 11.8 Å². The second-order valence-electron chi connectivity index (χ2n) is 8.37. The molecule has 3 aromatic rings. The average Bonchev–Trinajstić information content (AvgIpc) is 3.59. The van der Waals surface area contributed by atoms with Crippen LogP contribution in [-0.4, -0.2) is 35.2 Å². The highest BCUT2D eigenvalue weighted by atomic mass is 19.1. The number of nitrogens with zero attached hydrogens (tertiary/aromatic N) is 1. The van der Waals surface area contributed by atoms with E-state index in [-0.39, 0.29) is 23.6 Å². The van der Waals surface area contributed by atoms with Gasteiger partial charge in [0.15, 0.2) is 0 Å². The standard InChI is InChI=1S/C26H24FNO3/c27-23-14-24(21(17-11-12-17)13-22(23)26(29)30)31-20-15-28(16-20)25(18-7-3-1-4-8-18)19-9-5-2-6-10-19/h1-10,13-14,17,20,25H,11-12,15-16H2,(H,29,30). The topological polar surface area (TPSA) is 49.8 Å². The lowest BCUT2D eigenvalue weighted by molar-refractivity contribution is -0.000368. The molecular weight excluding hydrogens is 393 g/mol. The number of aromatic carboxylic acids is 1. The van der Waals surface area contributed by atoms with Gasteiger partial charge in [-0.2, -0.15) is 0 Å². The number of hydrogen-bond acceptors (Lipinski definition) is 3. The van der Waals surface area contributed by atoms with Crippen LogP contribution in [0.15, 0.2) is 72.8 Å². The molecule has 5 heteroatoms. The zero-order valence-electron chi connectivity index (χ0n) is 17.1. The summed E-state index contributed by atoms with van der Waals surface area (Å²) >= 11 is 0.